The zero-order valence-corrected chi connectivity index (χ0v) is 15.0. The number of aromatic nitrogens is 2. The van der Waals surface area contributed by atoms with Gasteiger partial charge >= 0.3 is 6.09 Å². The van der Waals surface area contributed by atoms with Crippen molar-refractivity contribution < 1.29 is 9.53 Å². The van der Waals surface area contributed by atoms with Crippen LogP contribution in [0.25, 0.3) is 0 Å². The van der Waals surface area contributed by atoms with Crippen LogP contribution in [0.2, 0.25) is 0 Å². The van der Waals surface area contributed by atoms with Gasteiger partial charge in [0.1, 0.15) is 11.4 Å². The fourth-order valence-corrected chi connectivity index (χ4v) is 2.59. The molecule has 0 aromatic carbocycles. The Hall–Kier alpha value is -2.09. The molecule has 1 aliphatic rings. The van der Waals surface area contributed by atoms with Gasteiger partial charge in [0.05, 0.1) is 0 Å². The highest BCUT2D eigenvalue weighted by atomic mass is 16.6. The summed E-state index contributed by atoms with van der Waals surface area (Å²) in [7, 11) is 0. The van der Waals surface area contributed by atoms with Gasteiger partial charge in [-0.15, -0.1) is 0 Å². The van der Waals surface area contributed by atoms with Crippen molar-refractivity contribution in [3.8, 4) is 0 Å². The van der Waals surface area contributed by atoms with Gasteiger partial charge in [-0.05, 0) is 33.8 Å². The number of anilines is 2. The first-order valence-corrected chi connectivity index (χ1v) is 8.28. The first-order valence-electron chi connectivity index (χ1n) is 8.28. The standard InChI is InChI=1S/C16H28N6O2/c1-12(19-15(23)24-16(2,3)4)11-21-7-9-22(10-8-21)14-18-6-5-13(17)20-14/h5-6,12H,7-11H2,1-4H3,(H,19,23)(H2,17,18,20). The Morgan fingerprint density at radius 1 is 1.38 bits per heavy atom. The lowest BCUT2D eigenvalue weighted by atomic mass is 10.2. The number of carbonyl (C=O) groups excluding carboxylic acids is 1. The number of ether oxygens (including phenoxy) is 1. The molecule has 0 saturated carbocycles. The first-order chi connectivity index (χ1) is 11.2. The summed E-state index contributed by atoms with van der Waals surface area (Å²) in [6.07, 6.45) is 1.30. The van der Waals surface area contributed by atoms with Crippen LogP contribution in [-0.4, -0.2) is 65.3 Å². The lowest BCUT2D eigenvalue weighted by Crippen LogP contribution is -2.51. The molecule has 0 spiro atoms. The summed E-state index contributed by atoms with van der Waals surface area (Å²) in [5, 5.41) is 2.88. The maximum absolute atomic E-state index is 11.8. The zero-order chi connectivity index (χ0) is 17.7. The number of nitrogens with one attached hydrogen (secondary N) is 1. The van der Waals surface area contributed by atoms with Gasteiger partial charge in [-0.2, -0.15) is 4.98 Å². The summed E-state index contributed by atoms with van der Waals surface area (Å²) in [5.41, 5.74) is 5.23. The van der Waals surface area contributed by atoms with Crippen molar-refractivity contribution in [3.63, 3.8) is 0 Å². The molecule has 24 heavy (non-hydrogen) atoms. The number of nitrogens with zero attached hydrogens (tertiary/aromatic N) is 4. The third-order valence-electron chi connectivity index (χ3n) is 3.61. The van der Waals surface area contributed by atoms with Crippen molar-refractivity contribution in [2.45, 2.75) is 39.3 Å². The third kappa shape index (κ3) is 5.84. The molecule has 1 atom stereocenters. The fraction of sp³-hybridized carbons (Fsp3) is 0.688. The smallest absolute Gasteiger partial charge is 0.407 e. The Bertz CT molecular complexity index is 552. The third-order valence-corrected chi connectivity index (χ3v) is 3.61. The number of piperazine rings is 1. The number of nitrogens with two attached hydrogens (primary N) is 1. The Kier molecular flexibility index (Phi) is 5.82. The monoisotopic (exact) mass is 336 g/mol. The molecule has 3 N–H and O–H groups in total. The summed E-state index contributed by atoms with van der Waals surface area (Å²) >= 11 is 0. The van der Waals surface area contributed by atoms with Crippen molar-refractivity contribution in [1.29, 1.82) is 0 Å². The summed E-state index contributed by atoms with van der Waals surface area (Å²) < 4.78 is 5.28. The molecule has 0 aliphatic carbocycles. The van der Waals surface area contributed by atoms with Gasteiger partial charge in [0, 0.05) is 45.0 Å². The van der Waals surface area contributed by atoms with Crippen LogP contribution in [0.4, 0.5) is 16.6 Å². The molecule has 1 aromatic rings. The number of carbonyl (C=O) groups is 1. The van der Waals surface area contributed by atoms with Crippen molar-refractivity contribution in [2.75, 3.05) is 43.4 Å². The molecule has 1 aliphatic heterocycles. The van der Waals surface area contributed by atoms with Crippen molar-refractivity contribution in [2.24, 2.45) is 0 Å². The zero-order valence-electron chi connectivity index (χ0n) is 15.0. The minimum absolute atomic E-state index is 0.0232. The average molecular weight is 336 g/mol. The molecule has 1 unspecified atom stereocenters. The highest BCUT2D eigenvalue weighted by Gasteiger charge is 2.22. The second kappa shape index (κ2) is 7.65. The fourth-order valence-electron chi connectivity index (χ4n) is 2.59. The van der Waals surface area contributed by atoms with E-state index in [2.05, 4.69) is 25.1 Å². The molecule has 1 amide bonds. The number of hydrogen-bond acceptors (Lipinski definition) is 7. The molecule has 8 nitrogen and oxygen atoms in total. The van der Waals surface area contributed by atoms with Gasteiger partial charge in [-0.3, -0.25) is 4.90 Å². The van der Waals surface area contributed by atoms with Crippen molar-refractivity contribution >= 4 is 17.9 Å². The maximum atomic E-state index is 11.8. The van der Waals surface area contributed by atoms with Gasteiger partial charge in [0.2, 0.25) is 5.95 Å². The van der Waals surface area contributed by atoms with E-state index in [1.165, 1.54) is 0 Å². The molecule has 1 aromatic heterocycles. The Morgan fingerprint density at radius 3 is 2.62 bits per heavy atom. The van der Waals surface area contributed by atoms with Gasteiger partial charge in [0.25, 0.3) is 0 Å². The number of amides is 1. The predicted octanol–water partition coefficient (Wildman–Crippen LogP) is 1.09. The average Bonchev–Trinajstić information content (AvgIpc) is 2.45. The Labute approximate surface area is 143 Å². The van der Waals surface area contributed by atoms with Crippen molar-refractivity contribution in [1.82, 2.24) is 20.2 Å². The number of alkyl carbamates (subject to hydrolysis) is 1. The summed E-state index contributed by atoms with van der Waals surface area (Å²) in [5.74, 6) is 1.16. The first kappa shape index (κ1) is 18.3. The summed E-state index contributed by atoms with van der Waals surface area (Å²) in [4.78, 5) is 24.7. The Morgan fingerprint density at radius 2 is 2.04 bits per heavy atom. The van der Waals surface area contributed by atoms with E-state index in [1.807, 2.05) is 27.7 Å². The number of hydrogen-bond donors (Lipinski definition) is 2. The topological polar surface area (TPSA) is 96.6 Å². The van der Waals surface area contributed by atoms with Crippen LogP contribution >= 0.6 is 0 Å². The molecule has 1 fully saturated rings. The number of nitrogen functional groups attached to an aromatic ring is 1. The molecule has 8 heteroatoms. The lowest BCUT2D eigenvalue weighted by molar-refractivity contribution is 0.0496. The van der Waals surface area contributed by atoms with E-state index >= 15 is 0 Å². The molecule has 2 rings (SSSR count). The number of rotatable bonds is 4. The highest BCUT2D eigenvalue weighted by Crippen LogP contribution is 2.12. The molecular formula is C16H28N6O2. The predicted molar refractivity (Wildman–Crippen MR) is 93.9 cm³/mol. The van der Waals surface area contributed by atoms with Gasteiger partial charge in [-0.1, -0.05) is 0 Å². The minimum Gasteiger partial charge on any atom is -0.444 e. The van der Waals surface area contributed by atoms with E-state index in [9.17, 15) is 4.79 Å². The molecule has 0 radical (unpaired) electrons. The van der Waals surface area contributed by atoms with E-state index in [1.54, 1.807) is 12.3 Å². The second-order valence-corrected chi connectivity index (χ2v) is 7.12. The van der Waals surface area contributed by atoms with Crippen LogP contribution in [-0.2, 0) is 4.74 Å². The maximum Gasteiger partial charge on any atom is 0.407 e. The summed E-state index contributed by atoms with van der Waals surface area (Å²) in [6.45, 7) is 11.8. The lowest BCUT2D eigenvalue weighted by Gasteiger charge is -2.36. The quantitative estimate of drug-likeness (QED) is 0.849. The molecule has 0 bridgehead atoms. The SMILES string of the molecule is CC(CN1CCN(c2nccc(N)n2)CC1)NC(=O)OC(C)(C)C. The second-order valence-electron chi connectivity index (χ2n) is 7.12. The van der Waals surface area contributed by atoms with Crippen LogP contribution < -0.4 is 16.0 Å². The van der Waals surface area contributed by atoms with Crippen LogP contribution in [0, 0.1) is 0 Å². The van der Waals surface area contributed by atoms with Crippen LogP contribution in [0.15, 0.2) is 12.3 Å². The van der Waals surface area contributed by atoms with Crippen LogP contribution in [0.3, 0.4) is 0 Å². The van der Waals surface area contributed by atoms with E-state index in [0.29, 0.717) is 11.8 Å². The van der Waals surface area contributed by atoms with Crippen LogP contribution in [0.1, 0.15) is 27.7 Å². The minimum atomic E-state index is -0.479. The van der Waals surface area contributed by atoms with Crippen LogP contribution in [0.5, 0.6) is 0 Å². The molecule has 2 heterocycles. The summed E-state index contributed by atoms with van der Waals surface area (Å²) in [6, 6.07) is 1.71. The van der Waals surface area contributed by atoms with Gasteiger partial charge in [0.15, 0.2) is 0 Å². The highest BCUT2D eigenvalue weighted by molar-refractivity contribution is 5.68. The van der Waals surface area contributed by atoms with Gasteiger partial charge in [-0.25, -0.2) is 9.78 Å². The van der Waals surface area contributed by atoms with E-state index < -0.39 is 5.60 Å². The molecule has 134 valence electrons. The Balaban J connectivity index is 1.75. The largest absolute Gasteiger partial charge is 0.444 e. The van der Waals surface area contributed by atoms with E-state index in [0.717, 1.165) is 32.7 Å². The molecule has 1 saturated heterocycles. The van der Waals surface area contributed by atoms with Crippen molar-refractivity contribution in [3.05, 3.63) is 12.3 Å². The van der Waals surface area contributed by atoms with E-state index in [-0.39, 0.29) is 12.1 Å². The normalized spacial score (nSPS) is 17.4. The van der Waals surface area contributed by atoms with E-state index in [4.69, 9.17) is 10.5 Å². The van der Waals surface area contributed by atoms with Gasteiger partial charge < -0.3 is 20.7 Å². The molecular weight excluding hydrogens is 308 g/mol.